The molecule has 0 saturated heterocycles. The molecule has 0 N–H and O–H groups in total. The number of aromatic nitrogens is 5. The quantitative estimate of drug-likeness (QED) is 0.137. The Balaban J connectivity index is 0.879. The SMILES string of the molecule is c1ccc(-c2cc(-c3ccccc3)cc(-c3nc(-c4cccc(-c5ccc(-n6c7ccccc7c7ccccc76)cc5)c4)cc(-c4cc(-c5ccc6c(c5)c5ccccc5n6-c5ccccc5)cc(-n5c6ccccc6c6ccccc65)c4)n3)c2)cc1. The van der Waals surface area contributed by atoms with Crippen molar-refractivity contribution in [3.05, 3.63) is 322 Å². The molecule has 0 spiro atoms. The van der Waals surface area contributed by atoms with Crippen molar-refractivity contribution in [3.63, 3.8) is 0 Å². The van der Waals surface area contributed by atoms with Crippen LogP contribution < -0.4 is 0 Å². The lowest BCUT2D eigenvalue weighted by Gasteiger charge is -2.16. The highest BCUT2D eigenvalue weighted by molar-refractivity contribution is 6.12. The van der Waals surface area contributed by atoms with E-state index in [1.54, 1.807) is 0 Å². The lowest BCUT2D eigenvalue weighted by molar-refractivity contribution is 1.16. The third-order valence-corrected chi connectivity index (χ3v) is 17.4. The molecule has 0 amide bonds. The molecule has 17 aromatic rings. The Morgan fingerprint density at radius 2 is 0.506 bits per heavy atom. The van der Waals surface area contributed by atoms with E-state index in [0.717, 1.165) is 106 Å². The van der Waals surface area contributed by atoms with E-state index in [4.69, 9.17) is 9.97 Å². The third-order valence-electron chi connectivity index (χ3n) is 17.4. The lowest BCUT2D eigenvalue weighted by atomic mass is 9.95. The minimum atomic E-state index is 0.636. The van der Waals surface area contributed by atoms with Crippen LogP contribution in [0.5, 0.6) is 0 Å². The van der Waals surface area contributed by atoms with Gasteiger partial charge in [-0.1, -0.05) is 206 Å². The van der Waals surface area contributed by atoms with Crippen LogP contribution in [-0.4, -0.2) is 23.7 Å². The van der Waals surface area contributed by atoms with Gasteiger partial charge in [-0.2, -0.15) is 0 Å². The fourth-order valence-electron chi connectivity index (χ4n) is 13.3. The molecule has 0 aliphatic heterocycles. The second kappa shape index (κ2) is 20.6. The molecule has 13 aromatic carbocycles. The summed E-state index contributed by atoms with van der Waals surface area (Å²) in [7, 11) is 0. The zero-order valence-electron chi connectivity index (χ0n) is 47.3. The molecule has 5 nitrogen and oxygen atoms in total. The molecule has 0 fully saturated rings. The van der Waals surface area contributed by atoms with E-state index in [1.807, 2.05) is 0 Å². The largest absolute Gasteiger partial charge is 0.309 e. The zero-order valence-corrected chi connectivity index (χ0v) is 47.3. The van der Waals surface area contributed by atoms with Crippen LogP contribution in [0.15, 0.2) is 322 Å². The molecule has 0 bridgehead atoms. The maximum Gasteiger partial charge on any atom is 0.160 e. The van der Waals surface area contributed by atoms with Crippen molar-refractivity contribution in [2.24, 2.45) is 0 Å². The van der Waals surface area contributed by atoms with Crippen LogP contribution in [0.2, 0.25) is 0 Å². The maximum absolute atomic E-state index is 5.71. The first kappa shape index (κ1) is 49.9. The number of para-hydroxylation sites is 6. The molecule has 406 valence electrons. The number of hydrogen-bond donors (Lipinski definition) is 0. The Kier molecular flexibility index (Phi) is 11.8. The predicted molar refractivity (Wildman–Crippen MR) is 363 cm³/mol. The highest BCUT2D eigenvalue weighted by atomic mass is 15.0. The Hall–Kier alpha value is -11.7. The summed E-state index contributed by atoms with van der Waals surface area (Å²) < 4.78 is 7.17. The van der Waals surface area contributed by atoms with Gasteiger partial charge in [0.1, 0.15) is 0 Å². The number of fused-ring (bicyclic) bond motifs is 9. The molecule has 17 rings (SSSR count). The summed E-state index contributed by atoms with van der Waals surface area (Å²) in [6.45, 7) is 0. The van der Waals surface area contributed by atoms with Crippen molar-refractivity contribution in [2.75, 3.05) is 0 Å². The molecule has 0 radical (unpaired) electrons. The van der Waals surface area contributed by atoms with Gasteiger partial charge in [0.05, 0.1) is 44.5 Å². The second-order valence-corrected chi connectivity index (χ2v) is 22.5. The van der Waals surface area contributed by atoms with Crippen molar-refractivity contribution in [1.82, 2.24) is 23.7 Å². The van der Waals surface area contributed by atoms with E-state index >= 15 is 0 Å². The number of benzene rings is 13. The molecule has 0 atom stereocenters. The Labute approximate surface area is 503 Å². The van der Waals surface area contributed by atoms with Gasteiger partial charge in [0.15, 0.2) is 5.82 Å². The van der Waals surface area contributed by atoms with Gasteiger partial charge in [-0.3, -0.25) is 0 Å². The smallest absolute Gasteiger partial charge is 0.160 e. The summed E-state index contributed by atoms with van der Waals surface area (Å²) in [6, 6.07) is 116. The summed E-state index contributed by atoms with van der Waals surface area (Å²) in [5.74, 6) is 0.636. The standard InChI is InChI=1S/C82H53N5/c1-4-21-54(22-5-1)60-46-61(55-23-6-2-7-24-55)49-64(48-60)82-83-74(59-26-20-25-57(45-59)56-39-42-66(43-40-56)86-76-34-15-10-29-68(76)69-30-11-16-35-77(69)86)53-75(84-82)63-47-62(50-67(51-63)87-78-36-17-12-31-70(78)71-32-13-18-37-79(71)87)58-41-44-81-73(52-58)72-33-14-19-38-80(72)85(81)65-27-8-3-9-28-65/h1-53H. The minimum absolute atomic E-state index is 0.636. The van der Waals surface area contributed by atoms with Crippen molar-refractivity contribution >= 4 is 65.4 Å². The molecule has 5 heteroatoms. The van der Waals surface area contributed by atoms with E-state index in [-0.39, 0.29) is 0 Å². The molecule has 0 aliphatic carbocycles. The number of hydrogen-bond acceptors (Lipinski definition) is 2. The van der Waals surface area contributed by atoms with Gasteiger partial charge in [-0.25, -0.2) is 9.97 Å². The molecule has 87 heavy (non-hydrogen) atoms. The number of nitrogens with zero attached hydrogens (tertiary/aromatic N) is 5. The van der Waals surface area contributed by atoms with E-state index in [0.29, 0.717) is 5.82 Å². The molecule has 4 heterocycles. The van der Waals surface area contributed by atoms with Gasteiger partial charge in [-0.15, -0.1) is 0 Å². The normalized spacial score (nSPS) is 11.7. The highest BCUT2D eigenvalue weighted by Crippen LogP contribution is 2.42. The van der Waals surface area contributed by atoms with Gasteiger partial charge in [0.25, 0.3) is 0 Å². The molecular weight excluding hydrogens is 1050 g/mol. The molecule has 0 aliphatic rings. The van der Waals surface area contributed by atoms with Gasteiger partial charge < -0.3 is 13.7 Å². The minimum Gasteiger partial charge on any atom is -0.309 e. The maximum atomic E-state index is 5.71. The Morgan fingerprint density at radius 1 is 0.172 bits per heavy atom. The summed E-state index contributed by atoms with van der Waals surface area (Å²) >= 11 is 0. The summed E-state index contributed by atoms with van der Waals surface area (Å²) in [5, 5.41) is 7.30. The lowest BCUT2D eigenvalue weighted by Crippen LogP contribution is -1.99. The average molecular weight is 1110 g/mol. The van der Waals surface area contributed by atoms with E-state index < -0.39 is 0 Å². The predicted octanol–water partition coefficient (Wildman–Crippen LogP) is 21.4. The van der Waals surface area contributed by atoms with Gasteiger partial charge in [0, 0.05) is 66.1 Å². The molecular formula is C82H53N5. The summed E-state index contributed by atoms with van der Waals surface area (Å²) in [5.41, 5.74) is 23.6. The van der Waals surface area contributed by atoms with Crippen LogP contribution in [0.3, 0.4) is 0 Å². The Morgan fingerprint density at radius 3 is 1.05 bits per heavy atom. The van der Waals surface area contributed by atoms with Crippen molar-refractivity contribution in [1.29, 1.82) is 0 Å². The molecule has 0 saturated carbocycles. The first-order valence-corrected chi connectivity index (χ1v) is 29.7. The van der Waals surface area contributed by atoms with E-state index in [1.165, 1.54) is 48.9 Å². The first-order chi connectivity index (χ1) is 43.1. The molecule has 0 unspecified atom stereocenters. The summed E-state index contributed by atoms with van der Waals surface area (Å²) in [4.78, 5) is 11.3. The van der Waals surface area contributed by atoms with E-state index in [9.17, 15) is 0 Å². The Bertz CT molecular complexity index is 5340. The first-order valence-electron chi connectivity index (χ1n) is 29.7. The average Bonchev–Trinajstić information content (AvgIpc) is 1.79. The van der Waals surface area contributed by atoms with E-state index in [2.05, 4.69) is 335 Å². The highest BCUT2D eigenvalue weighted by Gasteiger charge is 2.21. The monoisotopic (exact) mass is 1110 g/mol. The fraction of sp³-hybridized carbons (Fsp3) is 0. The van der Waals surface area contributed by atoms with Crippen molar-refractivity contribution in [3.8, 4) is 95.5 Å². The van der Waals surface area contributed by atoms with Crippen LogP contribution in [0, 0.1) is 0 Å². The van der Waals surface area contributed by atoms with Crippen molar-refractivity contribution in [2.45, 2.75) is 0 Å². The van der Waals surface area contributed by atoms with Gasteiger partial charge in [-0.05, 0) is 160 Å². The van der Waals surface area contributed by atoms with Gasteiger partial charge in [0.2, 0.25) is 0 Å². The van der Waals surface area contributed by atoms with Crippen LogP contribution in [-0.2, 0) is 0 Å². The molecule has 4 aromatic heterocycles. The number of rotatable bonds is 10. The second-order valence-electron chi connectivity index (χ2n) is 22.5. The van der Waals surface area contributed by atoms with Crippen molar-refractivity contribution < 1.29 is 0 Å². The van der Waals surface area contributed by atoms with Crippen LogP contribution in [0.4, 0.5) is 0 Å². The summed E-state index contributed by atoms with van der Waals surface area (Å²) in [6.07, 6.45) is 0. The van der Waals surface area contributed by atoms with Crippen LogP contribution in [0.1, 0.15) is 0 Å². The van der Waals surface area contributed by atoms with Crippen LogP contribution in [0.25, 0.3) is 161 Å². The van der Waals surface area contributed by atoms with Crippen LogP contribution >= 0.6 is 0 Å². The van der Waals surface area contributed by atoms with Gasteiger partial charge >= 0.3 is 0 Å². The fourth-order valence-corrected chi connectivity index (χ4v) is 13.3. The third kappa shape index (κ3) is 8.63. The zero-order chi connectivity index (χ0) is 57.4. The topological polar surface area (TPSA) is 40.6 Å².